The van der Waals surface area contributed by atoms with E-state index in [9.17, 15) is 84.1 Å². The van der Waals surface area contributed by atoms with Crippen molar-refractivity contribution in [3.8, 4) is 17.6 Å². The van der Waals surface area contributed by atoms with Crippen LogP contribution in [-0.2, 0) is 45.4 Å². The Morgan fingerprint density at radius 2 is 0.871 bits per heavy atom. The molecule has 9 unspecified atom stereocenters. The number of aliphatic hydroxyl groups excluding tert-OH is 3. The molecule has 0 aliphatic heterocycles. The van der Waals surface area contributed by atoms with Gasteiger partial charge in [-0.2, -0.15) is 84.3 Å². The number of aryl methyl sites for hydroxylation is 2. The van der Waals surface area contributed by atoms with Crippen LogP contribution in [0.25, 0.3) is 4.85 Å². The number of ether oxygens (including phenoxy) is 6. The monoisotopic (exact) mass is 2250 g/mol. The van der Waals surface area contributed by atoms with Gasteiger partial charge in [0.05, 0.1) is 77.6 Å². The molecule has 0 bridgehead atoms. The molecule has 2 aromatic rings. The summed E-state index contributed by atoms with van der Waals surface area (Å²) in [6, 6.07) is 17.2. The highest BCUT2D eigenvalue weighted by molar-refractivity contribution is 8.77. The maximum absolute atomic E-state index is 13.2. The lowest BCUT2D eigenvalue weighted by Gasteiger charge is -2.50. The Balaban J connectivity index is 0.000000523. The molecule has 0 amide bonds. The fraction of sp³-hybridized carbons (Fsp3) is 0.865. The third-order valence-electron chi connectivity index (χ3n) is 29.2. The minimum absolute atomic E-state index is 0.00154. The van der Waals surface area contributed by atoms with Crippen LogP contribution in [0.2, 0.25) is 0 Å². The van der Waals surface area contributed by atoms with Crippen molar-refractivity contribution in [1.29, 1.82) is 8.12 Å². The van der Waals surface area contributed by atoms with E-state index in [1.807, 2.05) is 43.2 Å². The van der Waals surface area contributed by atoms with Crippen molar-refractivity contribution < 1.29 is 139 Å². The molecule has 0 saturated heterocycles. The van der Waals surface area contributed by atoms with Gasteiger partial charge in [0.2, 0.25) is 9.41 Å². The first-order chi connectivity index (χ1) is 70.6. The first kappa shape index (κ1) is 130. The zero-order valence-corrected chi connectivity index (χ0v) is 95.4. The van der Waals surface area contributed by atoms with Crippen LogP contribution in [0.15, 0.2) is 36.4 Å². The fourth-order valence-corrected chi connectivity index (χ4v) is 31.1. The minimum Gasteiger partial charge on any atom is -0.494 e. The highest BCUT2D eigenvalue weighted by atomic mass is 33.1. The van der Waals surface area contributed by atoms with Crippen LogP contribution in [0, 0.1) is 64.2 Å². The van der Waals surface area contributed by atoms with E-state index in [0.29, 0.717) is 106 Å². The van der Waals surface area contributed by atoms with Gasteiger partial charge in [-0.25, -0.2) is 20.6 Å². The standard InChI is InChI=1S/C48H75F9N3O6PS2.C39H58F9NO5S2.C15H32N3OP.2CH4/c1-33(2)60(34(3)4)67(65-25-11-22-58)66-32-35(31-61)12-9-10-29-68-69-43(5,6)21-26-62-37-14-16-38-36(30-37)13-15-40-39(38)19-20-44(7)41(40)17-18-42(44)63-27-23-59(8)24-28-64-45(46(49,50)51,47(52,53)54)48(55,56)57;1-34(2,56-55-22-6-5-7-26(24-50)25-51)16-19-52-28-9-11-29-27(23-28)8-10-31-30(29)14-15-35(3)32(31)12-13-33(35)53-20-17-49(4)18-21-54-36(37(40,41)42,38(43,44)45)39(46,47)48;1-12(2)17(13(3)4)20(19-11-10-16-9)18(14(5)6)15(7)8;;/h14,16,30,33-35,39-42,61H,9-13,15,17-21,23-29,31-32H2,1-8H3;9,11,23,26,30-33,50-51H,5-8,10,12-22,24-25H2,1-4H3;12-15H,10-11H2,1-8H3;2*1H4/t35?,39?,40?,41?,42-,44-,67?;30?,31?,32?,33-,35-;;;/m00.../s1/i61D;50D;;2*1T/tm;26?,30?,31?,32?,33-,35-;;;. The lowest BCUT2D eigenvalue weighted by molar-refractivity contribution is -0.458. The number of halogens is 18. The van der Waals surface area contributed by atoms with Crippen LogP contribution >= 0.6 is 60.2 Å². The molecule has 8 rings (SSSR count). The predicted octanol–water partition coefficient (Wildman–Crippen LogP) is 29.0. The van der Waals surface area contributed by atoms with Crippen LogP contribution in [-0.4, -0.2) is 286 Å². The van der Waals surface area contributed by atoms with Crippen molar-refractivity contribution in [2.24, 2.45) is 46.3 Å². The molecule has 4 fully saturated rings. The second kappa shape index (κ2) is 61.5. The minimum atomic E-state index is -6.75. The van der Waals surface area contributed by atoms with Crippen LogP contribution in [0.3, 0.4) is 0 Å². The number of hydrogen-bond acceptors (Lipinski definition) is 22. The molecular formula is C104H173F18N7O12P2S4. The molecule has 0 aromatic heterocycles. The summed E-state index contributed by atoms with van der Waals surface area (Å²) in [6.45, 7) is 46.3. The molecule has 147 heavy (non-hydrogen) atoms. The molecule has 856 valence electrons. The Labute approximate surface area is 890 Å². The second-order valence-electron chi connectivity index (χ2n) is 42.9. The van der Waals surface area contributed by atoms with Crippen molar-refractivity contribution in [3.63, 3.8) is 0 Å². The van der Waals surface area contributed by atoms with Crippen molar-refractivity contribution in [1.82, 2.24) is 23.8 Å². The molecule has 0 heterocycles. The van der Waals surface area contributed by atoms with E-state index in [4.69, 9.17) is 55.1 Å². The number of benzene rings is 2. The van der Waals surface area contributed by atoms with Gasteiger partial charge in [-0.15, -0.1) is 0 Å². The normalized spacial score (nSPS) is 22.6. The lowest BCUT2D eigenvalue weighted by Crippen LogP contribution is -2.68. The molecule has 13 atom stereocenters. The maximum Gasteiger partial charge on any atom is 0.435 e. The molecule has 3 N–H and O–H groups in total. The van der Waals surface area contributed by atoms with Gasteiger partial charge in [-0.05, 0) is 333 Å². The number of nitriles is 1. The molecule has 19 nitrogen and oxygen atoms in total. The van der Waals surface area contributed by atoms with E-state index >= 15 is 0 Å². The van der Waals surface area contributed by atoms with Crippen LogP contribution in [0.1, 0.15) is 298 Å². The zero-order chi connectivity index (χ0) is 114. The Kier molecular flexibility index (Phi) is 54.2. The first-order valence-corrected chi connectivity index (χ1v) is 58.2. The second-order valence-corrected chi connectivity index (χ2v) is 52.3. The Morgan fingerprint density at radius 1 is 0.497 bits per heavy atom. The zero-order valence-electron chi connectivity index (χ0n) is 94.4. The van der Waals surface area contributed by atoms with E-state index in [1.165, 1.54) is 61.0 Å². The number of alkyl halides is 18. The third-order valence-corrected chi connectivity index (χ3v) is 41.2. The van der Waals surface area contributed by atoms with Crippen molar-refractivity contribution in [2.45, 2.75) is 392 Å². The van der Waals surface area contributed by atoms with E-state index < -0.39 is 91.5 Å². The average molecular weight is 2250 g/mol. The van der Waals surface area contributed by atoms with Gasteiger partial charge >= 0.3 is 48.3 Å². The van der Waals surface area contributed by atoms with Gasteiger partial charge < -0.3 is 72.0 Å². The summed E-state index contributed by atoms with van der Waals surface area (Å²) >= 11 is 0. The number of nitrogens with zero attached hydrogens (tertiary/aromatic N) is 7. The first-order valence-electron chi connectivity index (χ1n) is 54.1. The van der Waals surface area contributed by atoms with Gasteiger partial charge in [0, 0.05) is 118 Å². The van der Waals surface area contributed by atoms with Crippen molar-refractivity contribution >= 4 is 60.2 Å². The number of aliphatic hydroxyl groups is 3. The summed E-state index contributed by atoms with van der Waals surface area (Å²) in [5.41, 5.74) is -7.35. The van der Waals surface area contributed by atoms with Crippen molar-refractivity contribution in [2.75, 3.05) is 138 Å². The molecule has 4 saturated carbocycles. The van der Waals surface area contributed by atoms with Crippen molar-refractivity contribution in [3.05, 3.63) is 70.1 Å². The number of likely N-dealkylation sites (N-methyl/N-ethyl adjacent to an activating group) is 2. The summed E-state index contributed by atoms with van der Waals surface area (Å²) in [5.74, 6) is 6.48. The number of hydrogen-bond donors (Lipinski definition) is 3. The Hall–Kier alpha value is -2.58. The van der Waals surface area contributed by atoms with E-state index in [1.54, 1.807) is 0 Å². The van der Waals surface area contributed by atoms with E-state index in [2.05, 4.69) is 201 Å². The number of unbranched alkanes of at least 4 members (excludes halogenated alkanes) is 2. The topological polar surface area (TPSA) is 188 Å². The summed E-state index contributed by atoms with van der Waals surface area (Å²) in [7, 11) is 10.5. The lowest BCUT2D eigenvalue weighted by atomic mass is 9.55. The summed E-state index contributed by atoms with van der Waals surface area (Å²) in [5, 5.41) is 27.5. The molecular weight excluding hydrogens is 2070 g/mol. The molecule has 0 radical (unpaired) electrons. The van der Waals surface area contributed by atoms with Gasteiger partial charge in [0.15, 0.2) is 8.45 Å². The number of rotatable bonds is 61. The van der Waals surface area contributed by atoms with Gasteiger partial charge in [0.1, 0.15) is 18.1 Å². The SMILES string of the molecule is [2H]OCC(CCCCSSC(C)(C)CCOc1ccc2c(c1)CCC1C2CC[C@@]2(C)C1CC[C@@H]2OCCN(C)CCOC(C(F)(F)F)(C(F)(F)F)C(F)(F)F)COP(OCCC#N)N(C(C)C)C(C)C.[2H]OCC(CO)CCCCSSC(C)(C)CCOc1ccc2c(c1)CCC1C2CC[C@@]2(C)C1CC[C@@H]2OCCN(C)CCOC(C(F)(F)F)(C(F)(F)F)C(F)(F)F.[3H]C.[3H]C.[C-]#[N+]CCOP(N(C(C)C)C(C)C)N(C(C)C)C(C)C. The maximum atomic E-state index is 13.2. The van der Waals surface area contributed by atoms with Crippen LogP contribution in [0.5, 0.6) is 11.5 Å². The molecule has 43 heteroatoms. The summed E-state index contributed by atoms with van der Waals surface area (Å²) in [4.78, 5) is 6.01. The smallest absolute Gasteiger partial charge is 0.435 e. The van der Waals surface area contributed by atoms with Gasteiger partial charge in [-0.3, -0.25) is 0 Å². The average Bonchev–Trinajstić information content (AvgIpc) is 1.49. The number of fused-ring (bicyclic) bond motifs is 10. The van der Waals surface area contributed by atoms with E-state index in [0.717, 1.165) is 151 Å². The summed E-state index contributed by atoms with van der Waals surface area (Å²) in [6.07, 6.45) is -21.4. The van der Waals surface area contributed by atoms with Crippen LogP contribution < -0.4 is 9.47 Å². The molecule has 0 spiro atoms. The van der Waals surface area contributed by atoms with Crippen LogP contribution in [0.4, 0.5) is 79.0 Å². The molecule has 2 aromatic carbocycles. The highest BCUT2D eigenvalue weighted by Gasteiger charge is 2.87. The quantitative estimate of drug-likeness (QED) is 0.0186. The molecule has 6 aliphatic rings. The summed E-state index contributed by atoms with van der Waals surface area (Å²) < 4.78 is 322. The predicted molar refractivity (Wildman–Crippen MR) is 558 cm³/mol. The van der Waals surface area contributed by atoms with Gasteiger partial charge in [0.25, 0.3) is 8.53 Å². The third kappa shape index (κ3) is 38.1. The Bertz CT molecular complexity index is 4110. The van der Waals surface area contributed by atoms with E-state index in [-0.39, 0.29) is 103 Å². The fourth-order valence-electron chi connectivity index (χ4n) is 21.7. The highest BCUT2D eigenvalue weighted by Crippen LogP contribution is 2.65. The Morgan fingerprint density at radius 3 is 1.22 bits per heavy atom. The largest absolute Gasteiger partial charge is 0.494 e. The van der Waals surface area contributed by atoms with Gasteiger partial charge in [-0.1, -0.05) is 96.8 Å². The molecule has 6 aliphatic carbocycles.